The summed E-state index contributed by atoms with van der Waals surface area (Å²) >= 11 is 0. The van der Waals surface area contributed by atoms with Gasteiger partial charge in [0.25, 0.3) is 0 Å². The van der Waals surface area contributed by atoms with Gasteiger partial charge in [-0.25, -0.2) is 0 Å². The van der Waals surface area contributed by atoms with Gasteiger partial charge in [0, 0.05) is 5.92 Å². The van der Waals surface area contributed by atoms with Gasteiger partial charge in [0.2, 0.25) is 0 Å². The molecule has 0 amide bonds. The van der Waals surface area contributed by atoms with Crippen molar-refractivity contribution in [2.24, 2.45) is 0 Å². The number of carboxylic acids is 1. The molecule has 2 aromatic carbocycles. The van der Waals surface area contributed by atoms with Crippen molar-refractivity contribution >= 4 is 5.97 Å². The van der Waals surface area contributed by atoms with Gasteiger partial charge >= 0.3 is 5.97 Å². The van der Waals surface area contributed by atoms with E-state index in [4.69, 9.17) is 4.74 Å². The first-order valence-corrected chi connectivity index (χ1v) is 7.36. The molecule has 0 saturated heterocycles. The Morgan fingerprint density at radius 2 is 1.59 bits per heavy atom. The van der Waals surface area contributed by atoms with Gasteiger partial charge in [0.1, 0.15) is 5.75 Å². The number of aliphatic carboxylic acids is 1. The van der Waals surface area contributed by atoms with E-state index in [1.165, 1.54) is 16.7 Å². The van der Waals surface area contributed by atoms with Crippen LogP contribution >= 0.6 is 0 Å². The van der Waals surface area contributed by atoms with E-state index < -0.39 is 5.97 Å². The Morgan fingerprint density at radius 3 is 2.05 bits per heavy atom. The fraction of sp³-hybridized carbons (Fsp3) is 0.316. The minimum Gasteiger partial charge on any atom is -0.497 e. The molecule has 3 heteroatoms. The number of rotatable bonds is 5. The number of carboxylic acid groups (broad SMARTS) is 1. The zero-order chi connectivity index (χ0) is 16.3. The molecule has 0 radical (unpaired) electrons. The summed E-state index contributed by atoms with van der Waals surface area (Å²) < 4.78 is 5.17. The minimum absolute atomic E-state index is 0.0776. The van der Waals surface area contributed by atoms with Crippen molar-refractivity contribution in [3.63, 3.8) is 0 Å². The average Bonchev–Trinajstić information content (AvgIpc) is 2.50. The van der Waals surface area contributed by atoms with Crippen LogP contribution in [0.3, 0.4) is 0 Å². The van der Waals surface area contributed by atoms with E-state index >= 15 is 0 Å². The lowest BCUT2D eigenvalue weighted by Gasteiger charge is -2.19. The molecule has 2 rings (SSSR count). The quantitative estimate of drug-likeness (QED) is 0.898. The summed E-state index contributed by atoms with van der Waals surface area (Å²) in [7, 11) is 1.62. The summed E-state index contributed by atoms with van der Waals surface area (Å²) in [6, 6.07) is 11.8. The minimum atomic E-state index is -0.795. The molecule has 0 fully saturated rings. The lowest BCUT2D eigenvalue weighted by atomic mass is 9.85. The third-order valence-corrected chi connectivity index (χ3v) is 4.25. The molecule has 22 heavy (non-hydrogen) atoms. The van der Waals surface area contributed by atoms with Crippen LogP contribution in [-0.4, -0.2) is 18.2 Å². The summed E-state index contributed by atoms with van der Waals surface area (Å²) in [5.74, 6) is -0.174. The smallest absolute Gasteiger partial charge is 0.304 e. The molecule has 2 aromatic rings. The van der Waals surface area contributed by atoms with Gasteiger partial charge in [0.15, 0.2) is 0 Å². The normalized spacial score (nSPS) is 12.0. The number of ether oxygens (including phenoxy) is 1. The molecule has 0 aromatic heterocycles. The maximum Gasteiger partial charge on any atom is 0.304 e. The maximum absolute atomic E-state index is 11.3. The number of benzene rings is 2. The standard InChI is InChI=1S/C19H22O3/c1-12-9-16(10-13(2)14(12)3)18(11-19(20)21)15-5-7-17(22-4)8-6-15/h5-10,18H,11H2,1-4H3,(H,20,21). The third kappa shape index (κ3) is 3.48. The fourth-order valence-corrected chi connectivity index (χ4v) is 2.71. The summed E-state index contributed by atoms with van der Waals surface area (Å²) in [5.41, 5.74) is 5.68. The van der Waals surface area contributed by atoms with Crippen LogP contribution in [0.1, 0.15) is 40.2 Å². The van der Waals surface area contributed by atoms with E-state index in [1.54, 1.807) is 7.11 Å². The molecular formula is C19H22O3. The zero-order valence-electron chi connectivity index (χ0n) is 13.5. The zero-order valence-corrected chi connectivity index (χ0v) is 13.5. The number of hydrogen-bond donors (Lipinski definition) is 1. The molecule has 1 atom stereocenters. The van der Waals surface area contributed by atoms with Gasteiger partial charge in [-0.15, -0.1) is 0 Å². The molecule has 0 spiro atoms. The Morgan fingerprint density at radius 1 is 1.05 bits per heavy atom. The Balaban J connectivity index is 2.47. The lowest BCUT2D eigenvalue weighted by Crippen LogP contribution is -2.09. The van der Waals surface area contributed by atoms with E-state index in [-0.39, 0.29) is 12.3 Å². The van der Waals surface area contributed by atoms with Crippen molar-refractivity contribution in [3.05, 3.63) is 64.2 Å². The van der Waals surface area contributed by atoms with Crippen molar-refractivity contribution in [2.45, 2.75) is 33.1 Å². The first-order chi connectivity index (χ1) is 10.4. The molecule has 0 saturated carbocycles. The highest BCUT2D eigenvalue weighted by Crippen LogP contribution is 2.31. The number of carbonyl (C=O) groups is 1. The van der Waals surface area contributed by atoms with Gasteiger partial charge in [-0.2, -0.15) is 0 Å². The van der Waals surface area contributed by atoms with E-state index in [2.05, 4.69) is 32.9 Å². The SMILES string of the molecule is COc1ccc(C(CC(=O)O)c2cc(C)c(C)c(C)c2)cc1. The molecule has 3 nitrogen and oxygen atoms in total. The second-order valence-electron chi connectivity index (χ2n) is 5.70. The Hall–Kier alpha value is -2.29. The highest BCUT2D eigenvalue weighted by Gasteiger charge is 2.19. The first-order valence-electron chi connectivity index (χ1n) is 7.36. The Labute approximate surface area is 131 Å². The summed E-state index contributed by atoms with van der Waals surface area (Å²) in [5, 5.41) is 9.28. The lowest BCUT2D eigenvalue weighted by molar-refractivity contribution is -0.137. The van der Waals surface area contributed by atoms with Crippen LogP contribution in [-0.2, 0) is 4.79 Å². The van der Waals surface area contributed by atoms with Crippen molar-refractivity contribution < 1.29 is 14.6 Å². The van der Waals surface area contributed by atoms with Crippen molar-refractivity contribution in [1.82, 2.24) is 0 Å². The average molecular weight is 298 g/mol. The fourth-order valence-electron chi connectivity index (χ4n) is 2.71. The Bertz CT molecular complexity index is 649. The number of hydrogen-bond acceptors (Lipinski definition) is 2. The van der Waals surface area contributed by atoms with E-state index in [1.807, 2.05) is 24.3 Å². The van der Waals surface area contributed by atoms with Crippen LogP contribution in [0.15, 0.2) is 36.4 Å². The van der Waals surface area contributed by atoms with Crippen LogP contribution < -0.4 is 4.74 Å². The predicted octanol–water partition coefficient (Wildman–Crippen LogP) is 4.23. The van der Waals surface area contributed by atoms with Gasteiger partial charge in [-0.3, -0.25) is 4.79 Å². The van der Waals surface area contributed by atoms with Gasteiger partial charge in [0.05, 0.1) is 13.5 Å². The Kier molecular flexibility index (Phi) is 4.86. The molecule has 0 bridgehead atoms. The number of methoxy groups -OCH3 is 1. The predicted molar refractivity (Wildman–Crippen MR) is 87.7 cm³/mol. The third-order valence-electron chi connectivity index (χ3n) is 4.25. The highest BCUT2D eigenvalue weighted by molar-refractivity contribution is 5.69. The van der Waals surface area contributed by atoms with Crippen molar-refractivity contribution in [2.75, 3.05) is 7.11 Å². The maximum atomic E-state index is 11.3. The molecule has 1 unspecified atom stereocenters. The van der Waals surface area contributed by atoms with Crippen LogP contribution in [0.25, 0.3) is 0 Å². The van der Waals surface area contributed by atoms with Gasteiger partial charge in [-0.05, 0) is 60.7 Å². The van der Waals surface area contributed by atoms with Gasteiger partial charge in [-0.1, -0.05) is 24.3 Å². The molecule has 1 N–H and O–H groups in total. The summed E-state index contributed by atoms with van der Waals surface area (Å²) in [6.45, 7) is 6.23. The molecular weight excluding hydrogens is 276 g/mol. The summed E-state index contributed by atoms with van der Waals surface area (Å²) in [4.78, 5) is 11.3. The van der Waals surface area contributed by atoms with E-state index in [0.717, 1.165) is 16.9 Å². The van der Waals surface area contributed by atoms with E-state index in [9.17, 15) is 9.90 Å². The van der Waals surface area contributed by atoms with Gasteiger partial charge < -0.3 is 9.84 Å². The molecule has 0 aliphatic carbocycles. The van der Waals surface area contributed by atoms with Crippen molar-refractivity contribution in [1.29, 1.82) is 0 Å². The monoisotopic (exact) mass is 298 g/mol. The van der Waals surface area contributed by atoms with Crippen molar-refractivity contribution in [3.8, 4) is 5.75 Å². The second-order valence-corrected chi connectivity index (χ2v) is 5.70. The van der Waals surface area contributed by atoms with E-state index in [0.29, 0.717) is 0 Å². The summed E-state index contributed by atoms with van der Waals surface area (Å²) in [6.07, 6.45) is 0.0776. The largest absolute Gasteiger partial charge is 0.497 e. The molecule has 0 aliphatic rings. The first kappa shape index (κ1) is 16.1. The molecule has 0 heterocycles. The van der Waals surface area contributed by atoms with Crippen LogP contribution in [0.4, 0.5) is 0 Å². The molecule has 116 valence electrons. The van der Waals surface area contributed by atoms with Crippen LogP contribution in [0.5, 0.6) is 5.75 Å². The topological polar surface area (TPSA) is 46.5 Å². The second kappa shape index (κ2) is 6.65. The molecule has 0 aliphatic heterocycles. The number of aryl methyl sites for hydroxylation is 2. The van der Waals surface area contributed by atoms with Crippen LogP contribution in [0, 0.1) is 20.8 Å². The highest BCUT2D eigenvalue weighted by atomic mass is 16.5. The van der Waals surface area contributed by atoms with Crippen LogP contribution in [0.2, 0.25) is 0 Å².